The zero-order valence-electron chi connectivity index (χ0n) is 30.1. The Morgan fingerprint density at radius 1 is 0.268 bits per heavy atom. The van der Waals surface area contributed by atoms with Crippen LogP contribution in [0.3, 0.4) is 0 Å². The lowest BCUT2D eigenvalue weighted by atomic mass is 9.87. The Hall–Kier alpha value is -7.56. The second-order valence-corrected chi connectivity index (χ2v) is 14.6. The molecular formula is C52H30N4. The predicted molar refractivity (Wildman–Crippen MR) is 233 cm³/mol. The minimum Gasteiger partial charge on any atom is -0.256 e. The number of rotatable bonds is 4. The molecule has 4 heteroatoms. The van der Waals surface area contributed by atoms with Crippen LogP contribution in [0.2, 0.25) is 0 Å². The highest BCUT2D eigenvalue weighted by Gasteiger charge is 2.19. The predicted octanol–water partition coefficient (Wildman–Crippen LogP) is 13.4. The largest absolute Gasteiger partial charge is 0.256 e. The Morgan fingerprint density at radius 3 is 1.45 bits per heavy atom. The number of benzene rings is 9. The molecule has 0 fully saturated rings. The lowest BCUT2D eigenvalue weighted by molar-refractivity contribution is 1.07. The van der Waals surface area contributed by atoms with Crippen LogP contribution in [0.25, 0.3) is 121 Å². The molecular weight excluding hydrogens is 681 g/mol. The van der Waals surface area contributed by atoms with E-state index < -0.39 is 0 Å². The van der Waals surface area contributed by atoms with Gasteiger partial charge in [-0.2, -0.15) is 0 Å². The Bertz CT molecular complexity index is 3530. The summed E-state index contributed by atoms with van der Waals surface area (Å²) in [5.74, 6) is 1.88. The molecule has 4 nitrogen and oxygen atoms in total. The van der Waals surface area contributed by atoms with Gasteiger partial charge in [0.1, 0.15) is 0 Å². The smallest absolute Gasteiger partial charge is 0.164 e. The highest BCUT2D eigenvalue weighted by molar-refractivity contribution is 6.37. The first-order chi connectivity index (χ1) is 27.7. The lowest BCUT2D eigenvalue weighted by Crippen LogP contribution is -2.00. The number of hydrogen-bond donors (Lipinski definition) is 0. The topological polar surface area (TPSA) is 51.6 Å². The van der Waals surface area contributed by atoms with Crippen molar-refractivity contribution < 1.29 is 0 Å². The molecule has 2 heterocycles. The van der Waals surface area contributed by atoms with Gasteiger partial charge in [-0.3, -0.25) is 4.98 Å². The summed E-state index contributed by atoms with van der Waals surface area (Å²) in [5, 5.41) is 15.9. The molecule has 0 atom stereocenters. The monoisotopic (exact) mass is 710 g/mol. The molecule has 0 N–H and O–H groups in total. The number of fused-ring (bicyclic) bond motifs is 3. The van der Waals surface area contributed by atoms with Crippen LogP contribution in [0, 0.1) is 0 Å². The average molecular weight is 711 g/mol. The zero-order valence-corrected chi connectivity index (χ0v) is 30.1. The van der Waals surface area contributed by atoms with E-state index in [-0.39, 0.29) is 0 Å². The summed E-state index contributed by atoms with van der Waals surface area (Å²) in [5.41, 5.74) is 5.86. The van der Waals surface area contributed by atoms with E-state index in [1.165, 1.54) is 59.2 Å². The highest BCUT2D eigenvalue weighted by Crippen LogP contribution is 2.44. The molecule has 0 spiro atoms. The lowest BCUT2D eigenvalue weighted by Gasteiger charge is -2.17. The van der Waals surface area contributed by atoms with Crippen molar-refractivity contribution in [3.63, 3.8) is 0 Å². The maximum Gasteiger partial charge on any atom is 0.164 e. The third-order valence-corrected chi connectivity index (χ3v) is 11.4. The van der Waals surface area contributed by atoms with E-state index in [1.54, 1.807) is 0 Å². The number of aromatic nitrogens is 4. The quantitative estimate of drug-likeness (QED) is 0.171. The molecule has 12 rings (SSSR count). The van der Waals surface area contributed by atoms with Gasteiger partial charge in [-0.25, -0.2) is 15.0 Å². The standard InChI is InChI=1S/C52H30N4/c1-2-10-34(11-3-1)50-54-51(38-17-6-16-35(26-38)40-27-36-12-4-5-21-45(36)53-30-40)56-52(55-50)39-28-37-25-24-33-14-8-19-42-41-18-7-13-31-22-23-32-15-9-20-43(48(32)46(31)41)44(29-39)49(37)47(33)42/h1-30H. The fraction of sp³-hybridized carbons (Fsp3) is 0. The minimum absolute atomic E-state index is 0.619. The molecule has 0 radical (unpaired) electrons. The van der Waals surface area contributed by atoms with E-state index in [2.05, 4.69) is 140 Å². The molecule has 2 aromatic heterocycles. The third-order valence-electron chi connectivity index (χ3n) is 11.4. The molecule has 0 aliphatic rings. The summed E-state index contributed by atoms with van der Waals surface area (Å²) in [4.78, 5) is 20.3. The van der Waals surface area contributed by atoms with Gasteiger partial charge < -0.3 is 0 Å². The number of para-hydroxylation sites is 1. The van der Waals surface area contributed by atoms with E-state index in [9.17, 15) is 0 Å². The molecule has 10 aromatic carbocycles. The number of nitrogens with zero attached hydrogens (tertiary/aromatic N) is 4. The second-order valence-electron chi connectivity index (χ2n) is 14.6. The van der Waals surface area contributed by atoms with Crippen molar-refractivity contribution >= 4 is 75.5 Å². The van der Waals surface area contributed by atoms with Crippen LogP contribution in [-0.2, 0) is 0 Å². The Balaban J connectivity index is 1.15. The SMILES string of the molecule is c1ccc(-c2nc(-c3cccc(-c4cnc5ccccc5c4)c3)nc(-c3cc4ccc5cccc6c7cccc8ccc9cccc(c(c3)c4c56)c9c87)n2)cc1. The maximum atomic E-state index is 5.27. The molecule has 258 valence electrons. The van der Waals surface area contributed by atoms with Gasteiger partial charge in [-0.1, -0.05) is 146 Å². The van der Waals surface area contributed by atoms with Gasteiger partial charge in [0.2, 0.25) is 0 Å². The molecule has 56 heavy (non-hydrogen) atoms. The molecule has 0 aliphatic heterocycles. The summed E-state index contributed by atoms with van der Waals surface area (Å²) in [6, 6.07) is 62.7. The molecule has 0 amide bonds. The zero-order chi connectivity index (χ0) is 36.7. The van der Waals surface area contributed by atoms with Crippen LogP contribution in [0.15, 0.2) is 182 Å². The molecule has 0 bridgehead atoms. The molecule has 0 saturated carbocycles. The van der Waals surface area contributed by atoms with Gasteiger partial charge >= 0.3 is 0 Å². The van der Waals surface area contributed by atoms with Crippen molar-refractivity contribution in [3.8, 4) is 45.3 Å². The van der Waals surface area contributed by atoms with Crippen LogP contribution in [-0.4, -0.2) is 19.9 Å². The fourth-order valence-electron chi connectivity index (χ4n) is 8.83. The molecule has 0 unspecified atom stereocenters. The van der Waals surface area contributed by atoms with Crippen LogP contribution >= 0.6 is 0 Å². The molecule has 0 aliphatic carbocycles. The highest BCUT2D eigenvalue weighted by atomic mass is 15.0. The van der Waals surface area contributed by atoms with E-state index in [0.717, 1.165) is 44.1 Å². The first kappa shape index (κ1) is 30.9. The maximum absolute atomic E-state index is 5.27. The fourth-order valence-corrected chi connectivity index (χ4v) is 8.83. The Kier molecular flexibility index (Phi) is 6.60. The number of hydrogen-bond acceptors (Lipinski definition) is 4. The van der Waals surface area contributed by atoms with E-state index in [4.69, 9.17) is 19.9 Å². The molecule has 0 saturated heterocycles. The van der Waals surface area contributed by atoms with Gasteiger partial charge in [0.15, 0.2) is 17.5 Å². The normalized spacial score (nSPS) is 11.9. The van der Waals surface area contributed by atoms with Gasteiger partial charge in [0.25, 0.3) is 0 Å². The van der Waals surface area contributed by atoms with Crippen molar-refractivity contribution in [2.75, 3.05) is 0 Å². The van der Waals surface area contributed by atoms with Gasteiger partial charge in [-0.15, -0.1) is 0 Å². The summed E-state index contributed by atoms with van der Waals surface area (Å²) < 4.78 is 0. The van der Waals surface area contributed by atoms with Gasteiger partial charge in [-0.05, 0) is 101 Å². The number of pyridine rings is 1. The third kappa shape index (κ3) is 4.73. The van der Waals surface area contributed by atoms with Crippen LogP contribution in [0.1, 0.15) is 0 Å². The Morgan fingerprint density at radius 2 is 0.750 bits per heavy atom. The van der Waals surface area contributed by atoms with Crippen molar-refractivity contribution in [2.45, 2.75) is 0 Å². The van der Waals surface area contributed by atoms with E-state index >= 15 is 0 Å². The summed E-state index contributed by atoms with van der Waals surface area (Å²) >= 11 is 0. The first-order valence-electron chi connectivity index (χ1n) is 19.0. The van der Waals surface area contributed by atoms with Gasteiger partial charge in [0, 0.05) is 33.8 Å². The Labute approximate surface area is 321 Å². The summed E-state index contributed by atoms with van der Waals surface area (Å²) in [6.07, 6.45) is 1.94. The van der Waals surface area contributed by atoms with Crippen molar-refractivity contribution in [3.05, 3.63) is 182 Å². The average Bonchev–Trinajstić information content (AvgIpc) is 3.27. The minimum atomic E-state index is 0.619. The van der Waals surface area contributed by atoms with Crippen molar-refractivity contribution in [2.24, 2.45) is 0 Å². The van der Waals surface area contributed by atoms with Crippen molar-refractivity contribution in [1.29, 1.82) is 0 Å². The first-order valence-corrected chi connectivity index (χ1v) is 19.0. The van der Waals surface area contributed by atoms with E-state index in [1.807, 2.05) is 42.6 Å². The van der Waals surface area contributed by atoms with Gasteiger partial charge in [0.05, 0.1) is 5.52 Å². The van der Waals surface area contributed by atoms with Crippen molar-refractivity contribution in [1.82, 2.24) is 19.9 Å². The molecule has 12 aromatic rings. The summed E-state index contributed by atoms with van der Waals surface area (Å²) in [6.45, 7) is 0. The van der Waals surface area contributed by atoms with Crippen LogP contribution < -0.4 is 0 Å². The summed E-state index contributed by atoms with van der Waals surface area (Å²) in [7, 11) is 0. The second kappa shape index (κ2) is 12.0. The van der Waals surface area contributed by atoms with E-state index in [0.29, 0.717) is 17.5 Å². The van der Waals surface area contributed by atoms with Crippen LogP contribution in [0.5, 0.6) is 0 Å². The van der Waals surface area contributed by atoms with Crippen LogP contribution in [0.4, 0.5) is 0 Å².